The molecule has 15 heavy (non-hydrogen) atoms. The summed E-state index contributed by atoms with van der Waals surface area (Å²) in [5.74, 6) is 0.173. The van der Waals surface area contributed by atoms with Gasteiger partial charge in [-0.25, -0.2) is 4.39 Å². The third kappa shape index (κ3) is 2.57. The summed E-state index contributed by atoms with van der Waals surface area (Å²) in [6, 6.07) is 7.74. The van der Waals surface area contributed by atoms with Crippen molar-refractivity contribution >= 4 is 0 Å². The molecular formula is C13H18FN. The van der Waals surface area contributed by atoms with Crippen LogP contribution in [0, 0.1) is 5.82 Å². The van der Waals surface area contributed by atoms with Gasteiger partial charge in [0.25, 0.3) is 0 Å². The van der Waals surface area contributed by atoms with Crippen LogP contribution in [0.5, 0.6) is 0 Å². The highest BCUT2D eigenvalue weighted by atomic mass is 19.1. The summed E-state index contributed by atoms with van der Waals surface area (Å²) < 4.78 is 13.4. The van der Waals surface area contributed by atoms with Gasteiger partial charge in [0, 0.05) is 12.6 Å². The average molecular weight is 207 g/mol. The summed E-state index contributed by atoms with van der Waals surface area (Å²) >= 11 is 0. The molecule has 1 nitrogen and oxygen atoms in total. The van der Waals surface area contributed by atoms with Crippen LogP contribution in [0.2, 0.25) is 0 Å². The first kappa shape index (κ1) is 10.6. The van der Waals surface area contributed by atoms with Crippen molar-refractivity contribution in [2.75, 3.05) is 6.54 Å². The van der Waals surface area contributed by atoms with Crippen molar-refractivity contribution < 1.29 is 4.39 Å². The fraction of sp³-hybridized carbons (Fsp3) is 0.538. The lowest BCUT2D eigenvalue weighted by atomic mass is 9.92. The van der Waals surface area contributed by atoms with Crippen molar-refractivity contribution in [1.82, 2.24) is 5.32 Å². The second-order valence-electron chi connectivity index (χ2n) is 4.46. The lowest BCUT2D eigenvalue weighted by molar-refractivity contribution is 0.333. The molecule has 1 aromatic carbocycles. The van der Waals surface area contributed by atoms with Gasteiger partial charge in [-0.15, -0.1) is 0 Å². The fourth-order valence-corrected chi connectivity index (χ4v) is 1.94. The largest absolute Gasteiger partial charge is 0.313 e. The first-order valence-electron chi connectivity index (χ1n) is 5.75. The Kier molecular flexibility index (Phi) is 3.37. The zero-order valence-electron chi connectivity index (χ0n) is 9.17. The van der Waals surface area contributed by atoms with E-state index in [1.165, 1.54) is 25.3 Å². The molecule has 1 saturated carbocycles. The summed E-state index contributed by atoms with van der Waals surface area (Å²) in [5, 5.41) is 3.48. The van der Waals surface area contributed by atoms with Crippen LogP contribution in [0.15, 0.2) is 24.3 Å². The Morgan fingerprint density at radius 1 is 1.40 bits per heavy atom. The van der Waals surface area contributed by atoms with Crippen molar-refractivity contribution in [2.24, 2.45) is 0 Å². The summed E-state index contributed by atoms with van der Waals surface area (Å²) in [5.41, 5.74) is 0.823. The molecule has 1 fully saturated rings. The quantitative estimate of drug-likeness (QED) is 0.800. The van der Waals surface area contributed by atoms with Crippen LogP contribution in [0.1, 0.15) is 37.7 Å². The molecule has 1 aliphatic rings. The van der Waals surface area contributed by atoms with Gasteiger partial charge in [0.1, 0.15) is 5.82 Å². The van der Waals surface area contributed by atoms with Gasteiger partial charge in [0.2, 0.25) is 0 Å². The number of benzene rings is 1. The maximum atomic E-state index is 13.4. The standard InChI is InChI=1S/C13H18FN/c1-10(9-15-11-5-4-6-11)12-7-2-3-8-13(12)14/h2-3,7-8,10-11,15H,4-6,9H2,1H3. The molecule has 0 amide bonds. The molecule has 0 bridgehead atoms. The van der Waals surface area contributed by atoms with Gasteiger partial charge >= 0.3 is 0 Å². The van der Waals surface area contributed by atoms with E-state index in [1.807, 2.05) is 12.1 Å². The first-order chi connectivity index (χ1) is 7.27. The monoisotopic (exact) mass is 207 g/mol. The fourth-order valence-electron chi connectivity index (χ4n) is 1.94. The topological polar surface area (TPSA) is 12.0 Å². The van der Waals surface area contributed by atoms with E-state index in [1.54, 1.807) is 6.07 Å². The van der Waals surface area contributed by atoms with Crippen LogP contribution >= 0.6 is 0 Å². The Hall–Kier alpha value is -0.890. The Morgan fingerprint density at radius 3 is 2.73 bits per heavy atom. The van der Waals surface area contributed by atoms with Gasteiger partial charge in [0.15, 0.2) is 0 Å². The van der Waals surface area contributed by atoms with Crippen LogP contribution in [-0.4, -0.2) is 12.6 Å². The first-order valence-corrected chi connectivity index (χ1v) is 5.75. The van der Waals surface area contributed by atoms with E-state index in [9.17, 15) is 4.39 Å². The highest BCUT2D eigenvalue weighted by Gasteiger charge is 2.18. The van der Waals surface area contributed by atoms with Gasteiger partial charge in [-0.05, 0) is 30.4 Å². The van der Waals surface area contributed by atoms with Crippen molar-refractivity contribution in [3.8, 4) is 0 Å². The number of nitrogens with one attached hydrogen (secondary N) is 1. The maximum Gasteiger partial charge on any atom is 0.126 e. The van der Waals surface area contributed by atoms with E-state index in [4.69, 9.17) is 0 Å². The lowest BCUT2D eigenvalue weighted by Crippen LogP contribution is -2.37. The molecule has 1 unspecified atom stereocenters. The highest BCUT2D eigenvalue weighted by Crippen LogP contribution is 2.21. The van der Waals surface area contributed by atoms with E-state index in [0.29, 0.717) is 6.04 Å². The second kappa shape index (κ2) is 4.75. The molecule has 0 aromatic heterocycles. The number of rotatable bonds is 4. The Morgan fingerprint density at radius 2 is 2.13 bits per heavy atom. The van der Waals surface area contributed by atoms with Crippen LogP contribution in [0.25, 0.3) is 0 Å². The van der Waals surface area contributed by atoms with Crippen molar-refractivity contribution in [1.29, 1.82) is 0 Å². The molecule has 0 aliphatic heterocycles. The number of halogens is 1. The summed E-state index contributed by atoms with van der Waals surface area (Å²) in [4.78, 5) is 0. The summed E-state index contributed by atoms with van der Waals surface area (Å²) in [6.07, 6.45) is 3.90. The van der Waals surface area contributed by atoms with Crippen LogP contribution < -0.4 is 5.32 Å². The zero-order valence-corrected chi connectivity index (χ0v) is 9.17. The molecule has 1 aliphatic carbocycles. The molecule has 1 N–H and O–H groups in total. The van der Waals surface area contributed by atoms with E-state index < -0.39 is 0 Å². The Balaban J connectivity index is 1.89. The summed E-state index contributed by atoms with van der Waals surface area (Å²) in [7, 11) is 0. The van der Waals surface area contributed by atoms with Crippen molar-refractivity contribution in [2.45, 2.75) is 38.1 Å². The van der Waals surface area contributed by atoms with Crippen molar-refractivity contribution in [3.05, 3.63) is 35.6 Å². The third-order valence-corrected chi connectivity index (χ3v) is 3.25. The molecule has 0 saturated heterocycles. The van der Waals surface area contributed by atoms with E-state index >= 15 is 0 Å². The minimum atomic E-state index is -0.0830. The molecule has 0 radical (unpaired) electrons. The maximum absolute atomic E-state index is 13.4. The molecule has 1 aromatic rings. The minimum Gasteiger partial charge on any atom is -0.313 e. The normalized spacial score (nSPS) is 18.5. The van der Waals surface area contributed by atoms with Gasteiger partial charge in [0.05, 0.1) is 0 Å². The Labute approximate surface area is 90.7 Å². The summed E-state index contributed by atoms with van der Waals surface area (Å²) in [6.45, 7) is 2.95. The van der Waals surface area contributed by atoms with E-state index in [2.05, 4.69) is 12.2 Å². The minimum absolute atomic E-state index is 0.0830. The molecule has 0 heterocycles. The van der Waals surface area contributed by atoms with Crippen molar-refractivity contribution in [3.63, 3.8) is 0 Å². The smallest absolute Gasteiger partial charge is 0.126 e. The highest BCUT2D eigenvalue weighted by molar-refractivity contribution is 5.21. The van der Waals surface area contributed by atoms with Crippen LogP contribution in [-0.2, 0) is 0 Å². The van der Waals surface area contributed by atoms with Gasteiger partial charge < -0.3 is 5.32 Å². The third-order valence-electron chi connectivity index (χ3n) is 3.25. The predicted octanol–water partition coefficient (Wildman–Crippen LogP) is 3.07. The SMILES string of the molecule is CC(CNC1CCC1)c1ccccc1F. The number of hydrogen-bond donors (Lipinski definition) is 1. The Bertz CT molecular complexity index is 320. The average Bonchev–Trinajstić information content (AvgIpc) is 2.16. The zero-order chi connectivity index (χ0) is 10.7. The molecular weight excluding hydrogens is 189 g/mol. The van der Waals surface area contributed by atoms with Gasteiger partial charge in [-0.3, -0.25) is 0 Å². The van der Waals surface area contributed by atoms with Crippen LogP contribution in [0.3, 0.4) is 0 Å². The lowest BCUT2D eigenvalue weighted by Gasteiger charge is -2.28. The van der Waals surface area contributed by atoms with E-state index in [0.717, 1.165) is 12.1 Å². The van der Waals surface area contributed by atoms with Gasteiger partial charge in [-0.1, -0.05) is 31.5 Å². The molecule has 0 spiro atoms. The molecule has 82 valence electrons. The molecule has 1 atom stereocenters. The molecule has 2 heteroatoms. The number of hydrogen-bond acceptors (Lipinski definition) is 1. The van der Waals surface area contributed by atoms with E-state index in [-0.39, 0.29) is 11.7 Å². The predicted molar refractivity (Wildman–Crippen MR) is 60.5 cm³/mol. The van der Waals surface area contributed by atoms with Gasteiger partial charge in [-0.2, -0.15) is 0 Å². The molecule has 2 rings (SSSR count). The second-order valence-corrected chi connectivity index (χ2v) is 4.46. The van der Waals surface area contributed by atoms with Crippen LogP contribution in [0.4, 0.5) is 4.39 Å².